The monoisotopic (exact) mass is 480 g/mol. The Hall–Kier alpha value is -2.12. The van der Waals surface area contributed by atoms with Gasteiger partial charge in [-0.25, -0.2) is 0 Å². The number of aliphatic hydroxyl groups excluding tert-OH is 2. The van der Waals surface area contributed by atoms with Crippen LogP contribution in [0.2, 0.25) is 0 Å². The fourth-order valence-electron chi connectivity index (χ4n) is 6.87. The molecule has 2 heterocycles. The molecule has 0 bridgehead atoms. The smallest absolute Gasteiger partial charge is 0.119 e. The summed E-state index contributed by atoms with van der Waals surface area (Å²) in [5.41, 5.74) is 1.20. The quantitative estimate of drug-likeness (QED) is 0.605. The summed E-state index contributed by atoms with van der Waals surface area (Å²) in [6.45, 7) is 4.33. The molecule has 1 aliphatic carbocycles. The number of hydrogen-bond donors (Lipinski definition) is 3. The lowest BCUT2D eigenvalue weighted by molar-refractivity contribution is -0.0723. The first-order chi connectivity index (χ1) is 16.8. The van der Waals surface area contributed by atoms with E-state index >= 15 is 0 Å². The van der Waals surface area contributed by atoms with Gasteiger partial charge >= 0.3 is 0 Å². The zero-order valence-corrected chi connectivity index (χ0v) is 21.0. The van der Waals surface area contributed by atoms with Gasteiger partial charge in [-0.3, -0.25) is 4.90 Å². The van der Waals surface area contributed by atoms with E-state index in [1.807, 2.05) is 18.2 Å². The molecule has 1 saturated carbocycles. The fourth-order valence-corrected chi connectivity index (χ4v) is 6.87. The van der Waals surface area contributed by atoms with Gasteiger partial charge in [0.15, 0.2) is 0 Å². The average molecular weight is 481 g/mol. The molecule has 2 aromatic carbocycles. The molecule has 6 heteroatoms. The Morgan fingerprint density at radius 1 is 0.971 bits per heavy atom. The molecular weight excluding hydrogens is 440 g/mol. The SMILES string of the molecule is COc1ccc(N2CCC(O)(CN3[C@@H](c4ccccc4)C[C@@]4(C)[C@@H](O)[C@H](O)CCC[C@@H]34)CC2)cc1. The first kappa shape index (κ1) is 24.6. The Morgan fingerprint density at radius 2 is 1.66 bits per heavy atom. The molecule has 0 spiro atoms. The van der Waals surface area contributed by atoms with E-state index < -0.39 is 23.2 Å². The summed E-state index contributed by atoms with van der Waals surface area (Å²) in [7, 11) is 1.68. The molecule has 2 aliphatic heterocycles. The second kappa shape index (κ2) is 9.74. The Bertz CT molecular complexity index is 976. The largest absolute Gasteiger partial charge is 0.497 e. The third-order valence-corrected chi connectivity index (χ3v) is 9.01. The minimum absolute atomic E-state index is 0.120. The maximum absolute atomic E-state index is 11.8. The van der Waals surface area contributed by atoms with Crippen LogP contribution >= 0.6 is 0 Å². The number of anilines is 1. The Kier molecular flexibility index (Phi) is 6.83. The summed E-state index contributed by atoms with van der Waals surface area (Å²) in [5.74, 6) is 0.849. The van der Waals surface area contributed by atoms with E-state index in [4.69, 9.17) is 4.74 Å². The van der Waals surface area contributed by atoms with Crippen molar-refractivity contribution >= 4 is 5.69 Å². The van der Waals surface area contributed by atoms with Crippen molar-refractivity contribution in [3.8, 4) is 5.75 Å². The molecule has 5 rings (SSSR count). The molecule has 0 radical (unpaired) electrons. The summed E-state index contributed by atoms with van der Waals surface area (Å²) in [5, 5.41) is 33.6. The number of fused-ring (bicyclic) bond motifs is 1. The van der Waals surface area contributed by atoms with E-state index in [0.29, 0.717) is 25.8 Å². The van der Waals surface area contributed by atoms with Gasteiger partial charge in [0.1, 0.15) is 5.75 Å². The van der Waals surface area contributed by atoms with Crippen molar-refractivity contribution in [1.82, 2.24) is 4.90 Å². The van der Waals surface area contributed by atoms with Crippen molar-refractivity contribution in [2.75, 3.05) is 31.6 Å². The van der Waals surface area contributed by atoms with E-state index in [2.05, 4.69) is 53.1 Å². The lowest BCUT2D eigenvalue weighted by atomic mass is 9.74. The topological polar surface area (TPSA) is 76.4 Å². The zero-order valence-electron chi connectivity index (χ0n) is 21.0. The molecule has 6 nitrogen and oxygen atoms in total. The molecule has 5 atom stereocenters. The summed E-state index contributed by atoms with van der Waals surface area (Å²) in [4.78, 5) is 4.81. The number of likely N-dealkylation sites (tertiary alicyclic amines) is 1. The van der Waals surface area contributed by atoms with Gasteiger partial charge in [-0.2, -0.15) is 0 Å². The first-order valence-corrected chi connectivity index (χ1v) is 13.1. The van der Waals surface area contributed by atoms with Crippen LogP contribution < -0.4 is 9.64 Å². The molecular formula is C29H40N2O4. The number of benzene rings is 2. The van der Waals surface area contributed by atoms with Gasteiger partial charge in [0.2, 0.25) is 0 Å². The van der Waals surface area contributed by atoms with Crippen LogP contribution in [0.1, 0.15) is 57.1 Å². The number of hydrogen-bond acceptors (Lipinski definition) is 6. The highest BCUT2D eigenvalue weighted by atomic mass is 16.5. The van der Waals surface area contributed by atoms with Gasteiger partial charge in [-0.15, -0.1) is 0 Å². The number of ether oxygens (including phenoxy) is 1. The first-order valence-electron chi connectivity index (χ1n) is 13.1. The highest BCUT2D eigenvalue weighted by Crippen LogP contribution is 2.54. The number of β-amino-alcohol motifs (C(OH)–C–C–N with tert-alkyl or cyclic N) is 1. The second-order valence-corrected chi connectivity index (χ2v) is 11.2. The molecule has 0 unspecified atom stereocenters. The van der Waals surface area contributed by atoms with E-state index in [1.165, 1.54) is 5.56 Å². The molecule has 3 fully saturated rings. The minimum atomic E-state index is -0.781. The second-order valence-electron chi connectivity index (χ2n) is 11.2. The summed E-state index contributed by atoms with van der Waals surface area (Å²) < 4.78 is 5.29. The molecule has 2 aromatic rings. The van der Waals surface area contributed by atoms with E-state index in [9.17, 15) is 15.3 Å². The molecule has 190 valence electrons. The highest BCUT2D eigenvalue weighted by molar-refractivity contribution is 5.49. The number of aliphatic hydroxyl groups is 3. The Morgan fingerprint density at radius 3 is 2.31 bits per heavy atom. The van der Waals surface area contributed by atoms with E-state index in [1.54, 1.807) is 7.11 Å². The normalized spacial score (nSPS) is 33.2. The molecule has 3 aliphatic rings. The number of rotatable bonds is 5. The van der Waals surface area contributed by atoms with Crippen molar-refractivity contribution in [3.05, 3.63) is 60.2 Å². The van der Waals surface area contributed by atoms with Crippen LogP contribution in [0.3, 0.4) is 0 Å². The summed E-state index contributed by atoms with van der Waals surface area (Å²) in [6.07, 6.45) is 3.21. The molecule has 35 heavy (non-hydrogen) atoms. The molecule has 2 saturated heterocycles. The number of methoxy groups -OCH3 is 1. The van der Waals surface area contributed by atoms with Gasteiger partial charge in [-0.05, 0) is 68.4 Å². The van der Waals surface area contributed by atoms with Gasteiger partial charge in [0.05, 0.1) is 24.9 Å². The van der Waals surface area contributed by atoms with Crippen LogP contribution in [0.25, 0.3) is 0 Å². The lowest BCUT2D eigenvalue weighted by Crippen LogP contribution is -2.54. The standard InChI is InChI=1S/C29H40N2O4/c1-28-19-24(21-7-4-3-5-8-21)31(26(28)10-6-9-25(32)27(28)33)20-29(34)15-17-30(18-16-29)22-11-13-23(35-2)14-12-22/h3-5,7-8,11-14,24-27,32-34H,6,9-10,15-20H2,1-2H3/t24-,25-,26-,27+,28-/m1/s1. The van der Waals surface area contributed by atoms with Gasteiger partial charge in [0, 0.05) is 42.8 Å². The van der Waals surface area contributed by atoms with Crippen LogP contribution in [0, 0.1) is 5.41 Å². The minimum Gasteiger partial charge on any atom is -0.497 e. The third kappa shape index (κ3) is 4.69. The molecule has 0 amide bonds. The Labute approximate surface area is 209 Å². The van der Waals surface area contributed by atoms with Crippen molar-refractivity contribution < 1.29 is 20.1 Å². The third-order valence-electron chi connectivity index (χ3n) is 9.01. The van der Waals surface area contributed by atoms with Crippen LogP contribution in [-0.4, -0.2) is 70.8 Å². The van der Waals surface area contributed by atoms with Gasteiger partial charge in [-0.1, -0.05) is 37.3 Å². The van der Waals surface area contributed by atoms with Crippen LogP contribution in [0.5, 0.6) is 5.75 Å². The van der Waals surface area contributed by atoms with Crippen molar-refractivity contribution in [2.45, 2.75) is 75.3 Å². The highest BCUT2D eigenvalue weighted by Gasteiger charge is 2.56. The number of piperidine rings is 1. The van der Waals surface area contributed by atoms with E-state index in [0.717, 1.165) is 43.8 Å². The van der Waals surface area contributed by atoms with Gasteiger partial charge in [0.25, 0.3) is 0 Å². The molecule has 0 aromatic heterocycles. The zero-order chi connectivity index (χ0) is 24.6. The Balaban J connectivity index is 1.36. The van der Waals surface area contributed by atoms with Gasteiger partial charge < -0.3 is 25.0 Å². The van der Waals surface area contributed by atoms with Crippen molar-refractivity contribution in [2.24, 2.45) is 5.41 Å². The fraction of sp³-hybridized carbons (Fsp3) is 0.586. The maximum atomic E-state index is 11.8. The van der Waals surface area contributed by atoms with E-state index in [-0.39, 0.29) is 12.1 Å². The lowest BCUT2D eigenvalue weighted by Gasteiger charge is -2.45. The van der Waals surface area contributed by atoms with Crippen LogP contribution in [0.4, 0.5) is 5.69 Å². The number of nitrogens with zero attached hydrogens (tertiary/aromatic N) is 2. The summed E-state index contributed by atoms with van der Waals surface area (Å²) in [6, 6.07) is 18.9. The van der Waals surface area contributed by atoms with Crippen molar-refractivity contribution in [1.29, 1.82) is 0 Å². The maximum Gasteiger partial charge on any atom is 0.119 e. The van der Waals surface area contributed by atoms with Crippen LogP contribution in [0.15, 0.2) is 54.6 Å². The van der Waals surface area contributed by atoms with Crippen LogP contribution in [-0.2, 0) is 0 Å². The summed E-state index contributed by atoms with van der Waals surface area (Å²) >= 11 is 0. The average Bonchev–Trinajstić information content (AvgIpc) is 3.10. The van der Waals surface area contributed by atoms with Crippen molar-refractivity contribution in [3.63, 3.8) is 0 Å². The predicted octanol–water partition coefficient (Wildman–Crippen LogP) is 3.75. The molecule has 3 N–H and O–H groups in total. The predicted molar refractivity (Wildman–Crippen MR) is 138 cm³/mol.